The largest absolute Gasteiger partial charge is 0.497 e. The molecule has 1 N–H and O–H groups in total. The minimum absolute atomic E-state index is 0.179. The summed E-state index contributed by atoms with van der Waals surface area (Å²) < 4.78 is 55.6. The van der Waals surface area contributed by atoms with Gasteiger partial charge in [0, 0.05) is 11.6 Å². The molecule has 0 fully saturated rings. The number of benzene rings is 1. The zero-order valence-electron chi connectivity index (χ0n) is 8.73. The zero-order valence-corrected chi connectivity index (χ0v) is 8.73. The van der Waals surface area contributed by atoms with Crippen molar-refractivity contribution in [3.05, 3.63) is 29.6 Å². The topological polar surface area (TPSA) is 21.3 Å². The third-order valence-electron chi connectivity index (χ3n) is 2.13. The lowest BCUT2D eigenvalue weighted by Gasteiger charge is -2.20. The van der Waals surface area contributed by atoms with Gasteiger partial charge in [-0.1, -0.05) is 6.07 Å². The molecule has 0 aliphatic carbocycles. The van der Waals surface area contributed by atoms with E-state index in [-0.39, 0.29) is 5.75 Å². The Hall–Kier alpha value is -1.30. The standard InChI is InChI=1S/C10H11F4NO/c1-15-9(10(12,13)14)7-4-3-6(16-2)5-8(7)11/h3-5,9,15H,1-2H3. The minimum Gasteiger partial charge on any atom is -0.497 e. The number of halogens is 4. The molecule has 0 radical (unpaired) electrons. The fraction of sp³-hybridized carbons (Fsp3) is 0.400. The molecule has 1 atom stereocenters. The highest BCUT2D eigenvalue weighted by atomic mass is 19.4. The van der Waals surface area contributed by atoms with Gasteiger partial charge in [0.05, 0.1) is 7.11 Å². The van der Waals surface area contributed by atoms with Gasteiger partial charge >= 0.3 is 6.18 Å². The molecule has 0 aromatic heterocycles. The second-order valence-corrected chi connectivity index (χ2v) is 3.15. The summed E-state index contributed by atoms with van der Waals surface area (Å²) in [5.74, 6) is -0.769. The maximum absolute atomic E-state index is 13.4. The van der Waals surface area contributed by atoms with Crippen molar-refractivity contribution in [2.24, 2.45) is 0 Å². The lowest BCUT2D eigenvalue weighted by Crippen LogP contribution is -2.32. The molecule has 1 aromatic rings. The molecule has 0 bridgehead atoms. The summed E-state index contributed by atoms with van der Waals surface area (Å²) in [5, 5.41) is 2.03. The van der Waals surface area contributed by atoms with Crippen LogP contribution in [0.5, 0.6) is 5.75 Å². The number of ether oxygens (including phenoxy) is 1. The molecule has 1 aromatic carbocycles. The van der Waals surface area contributed by atoms with Crippen LogP contribution in [-0.2, 0) is 0 Å². The summed E-state index contributed by atoms with van der Waals surface area (Å²) in [5.41, 5.74) is -0.448. The molecule has 0 spiro atoms. The predicted molar refractivity (Wildman–Crippen MR) is 50.8 cm³/mol. The van der Waals surface area contributed by atoms with E-state index in [9.17, 15) is 17.6 Å². The number of rotatable bonds is 3. The smallest absolute Gasteiger partial charge is 0.408 e. The van der Waals surface area contributed by atoms with Gasteiger partial charge in [-0.05, 0) is 13.1 Å². The number of methoxy groups -OCH3 is 1. The average Bonchev–Trinajstić information content (AvgIpc) is 2.19. The summed E-state index contributed by atoms with van der Waals surface area (Å²) in [6.07, 6.45) is -4.54. The third kappa shape index (κ3) is 2.63. The van der Waals surface area contributed by atoms with Gasteiger partial charge in [-0.2, -0.15) is 13.2 Å². The molecule has 0 heterocycles. The summed E-state index contributed by atoms with van der Waals surface area (Å²) in [6, 6.07) is 1.25. The van der Waals surface area contributed by atoms with Gasteiger partial charge in [0.1, 0.15) is 17.6 Å². The molecule has 90 valence electrons. The van der Waals surface area contributed by atoms with E-state index in [2.05, 4.69) is 0 Å². The van der Waals surface area contributed by atoms with E-state index in [4.69, 9.17) is 4.74 Å². The van der Waals surface area contributed by atoms with Gasteiger partial charge in [-0.25, -0.2) is 4.39 Å². The molecule has 1 rings (SSSR count). The fourth-order valence-corrected chi connectivity index (χ4v) is 1.36. The van der Waals surface area contributed by atoms with E-state index in [0.717, 1.165) is 19.2 Å². The Morgan fingerprint density at radius 3 is 2.31 bits per heavy atom. The number of alkyl halides is 3. The van der Waals surface area contributed by atoms with Crippen molar-refractivity contribution in [2.75, 3.05) is 14.2 Å². The number of hydrogen-bond acceptors (Lipinski definition) is 2. The van der Waals surface area contributed by atoms with Crippen molar-refractivity contribution in [1.82, 2.24) is 5.32 Å². The first kappa shape index (κ1) is 12.8. The molecule has 2 nitrogen and oxygen atoms in total. The Kier molecular flexibility index (Phi) is 3.74. The first-order valence-corrected chi connectivity index (χ1v) is 4.47. The quantitative estimate of drug-likeness (QED) is 0.816. The predicted octanol–water partition coefficient (Wildman–Crippen LogP) is 2.66. The van der Waals surface area contributed by atoms with Crippen LogP contribution in [0.1, 0.15) is 11.6 Å². The third-order valence-corrected chi connectivity index (χ3v) is 2.13. The maximum atomic E-state index is 13.4. The molecule has 0 saturated carbocycles. The van der Waals surface area contributed by atoms with Crippen molar-refractivity contribution in [3.63, 3.8) is 0 Å². The van der Waals surface area contributed by atoms with Crippen molar-refractivity contribution in [3.8, 4) is 5.75 Å². The van der Waals surface area contributed by atoms with Crippen LogP contribution in [0.3, 0.4) is 0 Å². The molecular weight excluding hydrogens is 226 g/mol. The Balaban J connectivity index is 3.12. The Morgan fingerprint density at radius 1 is 1.31 bits per heavy atom. The van der Waals surface area contributed by atoms with Gasteiger partial charge in [0.2, 0.25) is 0 Å². The Morgan fingerprint density at radius 2 is 1.94 bits per heavy atom. The second-order valence-electron chi connectivity index (χ2n) is 3.15. The fourth-order valence-electron chi connectivity index (χ4n) is 1.36. The van der Waals surface area contributed by atoms with Gasteiger partial charge in [-0.15, -0.1) is 0 Å². The summed E-state index contributed by atoms with van der Waals surface area (Å²) >= 11 is 0. The zero-order chi connectivity index (χ0) is 12.3. The monoisotopic (exact) mass is 237 g/mol. The molecule has 16 heavy (non-hydrogen) atoms. The van der Waals surface area contributed by atoms with Crippen LogP contribution in [0.25, 0.3) is 0 Å². The van der Waals surface area contributed by atoms with Gasteiger partial charge < -0.3 is 10.1 Å². The van der Waals surface area contributed by atoms with Crippen LogP contribution in [0.15, 0.2) is 18.2 Å². The van der Waals surface area contributed by atoms with Crippen LogP contribution in [0.4, 0.5) is 17.6 Å². The molecule has 6 heteroatoms. The molecule has 0 aliphatic rings. The summed E-state index contributed by atoms with van der Waals surface area (Å²) in [4.78, 5) is 0. The Bertz CT molecular complexity index is 364. The van der Waals surface area contributed by atoms with Gasteiger partial charge in [0.25, 0.3) is 0 Å². The Labute approximate surface area is 90.2 Å². The van der Waals surface area contributed by atoms with Crippen molar-refractivity contribution < 1.29 is 22.3 Å². The van der Waals surface area contributed by atoms with Crippen LogP contribution < -0.4 is 10.1 Å². The lowest BCUT2D eigenvalue weighted by atomic mass is 10.1. The molecule has 0 saturated heterocycles. The molecule has 0 amide bonds. The van der Waals surface area contributed by atoms with E-state index in [1.54, 1.807) is 0 Å². The average molecular weight is 237 g/mol. The van der Waals surface area contributed by atoms with Crippen LogP contribution in [-0.4, -0.2) is 20.3 Å². The van der Waals surface area contributed by atoms with E-state index < -0.39 is 23.6 Å². The maximum Gasteiger partial charge on any atom is 0.408 e. The molecule has 1 unspecified atom stereocenters. The van der Waals surface area contributed by atoms with E-state index >= 15 is 0 Å². The van der Waals surface area contributed by atoms with Gasteiger partial charge in [-0.3, -0.25) is 0 Å². The van der Waals surface area contributed by atoms with E-state index in [0.29, 0.717) is 0 Å². The summed E-state index contributed by atoms with van der Waals surface area (Å²) in [6.45, 7) is 0. The van der Waals surface area contributed by atoms with E-state index in [1.807, 2.05) is 5.32 Å². The minimum atomic E-state index is -4.54. The highest BCUT2D eigenvalue weighted by Crippen LogP contribution is 2.34. The van der Waals surface area contributed by atoms with Crippen molar-refractivity contribution in [1.29, 1.82) is 0 Å². The highest BCUT2D eigenvalue weighted by molar-refractivity contribution is 5.31. The SMILES string of the molecule is CNC(c1ccc(OC)cc1F)C(F)(F)F. The number of hydrogen-bond donors (Lipinski definition) is 1. The summed E-state index contributed by atoms with van der Waals surface area (Å²) in [7, 11) is 2.44. The second kappa shape index (κ2) is 4.69. The lowest BCUT2D eigenvalue weighted by molar-refractivity contribution is -0.156. The highest BCUT2D eigenvalue weighted by Gasteiger charge is 2.41. The van der Waals surface area contributed by atoms with Crippen molar-refractivity contribution >= 4 is 0 Å². The van der Waals surface area contributed by atoms with Crippen LogP contribution in [0, 0.1) is 5.82 Å². The molecular formula is C10H11F4NO. The normalized spacial score (nSPS) is 13.6. The van der Waals surface area contributed by atoms with Gasteiger partial charge in [0.15, 0.2) is 0 Å². The van der Waals surface area contributed by atoms with Crippen LogP contribution >= 0.6 is 0 Å². The first-order chi connectivity index (χ1) is 7.40. The number of nitrogens with one attached hydrogen (secondary N) is 1. The molecule has 0 aliphatic heterocycles. The van der Waals surface area contributed by atoms with E-state index in [1.165, 1.54) is 13.2 Å². The first-order valence-electron chi connectivity index (χ1n) is 4.47. The van der Waals surface area contributed by atoms with Crippen LogP contribution in [0.2, 0.25) is 0 Å². The van der Waals surface area contributed by atoms with Crippen molar-refractivity contribution in [2.45, 2.75) is 12.2 Å².